The highest BCUT2D eigenvalue weighted by Gasteiger charge is 2.42. The number of para-hydroxylation sites is 2. The molecular formula is C41H37Cl2F3N4O5. The Morgan fingerprint density at radius 2 is 1.55 bits per heavy atom. The van der Waals surface area contributed by atoms with Crippen molar-refractivity contribution in [2.45, 2.75) is 45.1 Å². The second kappa shape index (κ2) is 19.3. The molecule has 9 nitrogen and oxygen atoms in total. The van der Waals surface area contributed by atoms with Gasteiger partial charge in [-0.25, -0.2) is 4.79 Å². The standard InChI is InChI=1S/C32H26Cl2F3N3O5.C9H11N/c33-23-12-13-26(34)25(17-23)22-10-8-20(9-11-22)19-40(30(42)15-14-29(41)39-45-31(43)32(35,36)37)27-6-1-2-7-28(27)44-24-5-3-4-21(16-24)18-38;1-2-4-9-7-10-6-5-8(9)3-1/h1-13,16-17H,14-15,18-19,38H2,(H,39,41);1-4,10H,5-7H2. The topological polar surface area (TPSA) is 123 Å². The van der Waals surface area contributed by atoms with E-state index in [-0.39, 0.29) is 6.54 Å². The van der Waals surface area contributed by atoms with E-state index < -0.39 is 36.8 Å². The van der Waals surface area contributed by atoms with Crippen molar-refractivity contribution in [3.63, 3.8) is 0 Å². The van der Waals surface area contributed by atoms with E-state index in [1.165, 1.54) is 27.9 Å². The quantitative estimate of drug-likeness (QED) is 0.121. The Kier molecular flexibility index (Phi) is 14.3. The number of halogens is 5. The van der Waals surface area contributed by atoms with Gasteiger partial charge in [0.15, 0.2) is 5.75 Å². The molecule has 0 spiro atoms. The molecule has 6 rings (SSSR count). The highest BCUT2D eigenvalue weighted by molar-refractivity contribution is 6.35. The molecule has 0 atom stereocenters. The minimum absolute atomic E-state index is 0.0380. The molecule has 0 unspecified atom stereocenters. The van der Waals surface area contributed by atoms with Crippen LogP contribution in [-0.2, 0) is 45.3 Å². The van der Waals surface area contributed by atoms with Crippen LogP contribution in [0.5, 0.6) is 11.5 Å². The highest BCUT2D eigenvalue weighted by atomic mass is 35.5. The number of hydrogen-bond acceptors (Lipinski definition) is 7. The van der Waals surface area contributed by atoms with Gasteiger partial charge in [-0.05, 0) is 83.2 Å². The van der Waals surface area contributed by atoms with Crippen LogP contribution >= 0.6 is 23.2 Å². The van der Waals surface area contributed by atoms with Crippen molar-refractivity contribution in [1.29, 1.82) is 0 Å². The number of nitrogens with one attached hydrogen (secondary N) is 2. The van der Waals surface area contributed by atoms with Crippen LogP contribution in [0.1, 0.15) is 35.1 Å². The average molecular weight is 794 g/mol. The highest BCUT2D eigenvalue weighted by Crippen LogP contribution is 2.35. The zero-order chi connectivity index (χ0) is 39.4. The summed E-state index contributed by atoms with van der Waals surface area (Å²) >= 11 is 12.5. The van der Waals surface area contributed by atoms with E-state index in [1.54, 1.807) is 72.8 Å². The van der Waals surface area contributed by atoms with Gasteiger partial charge in [-0.15, -0.1) is 0 Å². The number of anilines is 1. The molecule has 55 heavy (non-hydrogen) atoms. The molecule has 0 saturated carbocycles. The van der Waals surface area contributed by atoms with Crippen molar-refractivity contribution < 1.29 is 37.1 Å². The maximum absolute atomic E-state index is 13.6. The third-order valence-corrected chi connectivity index (χ3v) is 8.98. The van der Waals surface area contributed by atoms with Gasteiger partial charge >= 0.3 is 12.1 Å². The molecule has 0 bridgehead atoms. The molecule has 0 saturated heterocycles. The van der Waals surface area contributed by atoms with Gasteiger partial charge in [0.1, 0.15) is 5.75 Å². The van der Waals surface area contributed by atoms with E-state index in [1.807, 2.05) is 18.2 Å². The fraction of sp³-hybridized carbons (Fsp3) is 0.195. The van der Waals surface area contributed by atoms with Gasteiger partial charge in [-0.1, -0.05) is 96.0 Å². The van der Waals surface area contributed by atoms with E-state index in [9.17, 15) is 27.6 Å². The number of hydroxylamine groups is 1. The first-order valence-corrected chi connectivity index (χ1v) is 17.9. The summed E-state index contributed by atoms with van der Waals surface area (Å²) in [6.07, 6.45) is -5.09. The van der Waals surface area contributed by atoms with Crippen LogP contribution in [0.3, 0.4) is 0 Å². The average Bonchev–Trinajstić information content (AvgIpc) is 3.19. The number of alkyl halides is 3. The molecule has 2 amide bonds. The summed E-state index contributed by atoms with van der Waals surface area (Å²) in [4.78, 5) is 41.8. The molecule has 1 heterocycles. The van der Waals surface area contributed by atoms with Crippen molar-refractivity contribution in [2.24, 2.45) is 5.73 Å². The second-order valence-corrected chi connectivity index (χ2v) is 13.2. The summed E-state index contributed by atoms with van der Waals surface area (Å²) in [5.74, 6) is -3.43. The van der Waals surface area contributed by atoms with E-state index in [0.29, 0.717) is 39.3 Å². The smallest absolute Gasteiger partial charge is 0.455 e. The second-order valence-electron chi connectivity index (χ2n) is 12.3. The van der Waals surface area contributed by atoms with Crippen LogP contribution in [0, 0.1) is 0 Å². The number of amides is 2. The molecule has 4 N–H and O–H groups in total. The number of hydrogen-bond donors (Lipinski definition) is 3. The number of nitrogens with two attached hydrogens (primary N) is 1. The number of carbonyl (C=O) groups is 3. The van der Waals surface area contributed by atoms with E-state index in [0.717, 1.165) is 29.8 Å². The molecule has 14 heteroatoms. The summed E-state index contributed by atoms with van der Waals surface area (Å²) in [7, 11) is 0. The monoisotopic (exact) mass is 792 g/mol. The van der Waals surface area contributed by atoms with E-state index >= 15 is 0 Å². The Bertz CT molecular complexity index is 2090. The first-order valence-electron chi connectivity index (χ1n) is 17.2. The summed E-state index contributed by atoms with van der Waals surface area (Å²) < 4.78 is 43.3. The van der Waals surface area contributed by atoms with Crippen molar-refractivity contribution >= 4 is 46.7 Å². The first kappa shape index (κ1) is 40.8. The number of ether oxygens (including phenoxy) is 1. The minimum Gasteiger partial charge on any atom is -0.455 e. The Morgan fingerprint density at radius 3 is 2.27 bits per heavy atom. The maximum Gasteiger partial charge on any atom is 0.493 e. The summed E-state index contributed by atoms with van der Waals surface area (Å²) in [5.41, 5.74) is 13.6. The largest absolute Gasteiger partial charge is 0.493 e. The lowest BCUT2D eigenvalue weighted by Gasteiger charge is -2.25. The molecule has 286 valence electrons. The fourth-order valence-electron chi connectivity index (χ4n) is 5.62. The predicted octanol–water partition coefficient (Wildman–Crippen LogP) is 8.69. The molecule has 1 aliphatic heterocycles. The van der Waals surface area contributed by atoms with Crippen molar-refractivity contribution in [1.82, 2.24) is 10.8 Å². The number of fused-ring (bicyclic) bond motifs is 1. The first-order chi connectivity index (χ1) is 26.4. The Hall–Kier alpha value is -5.40. The van der Waals surface area contributed by atoms with Gasteiger partial charge < -0.3 is 25.5 Å². The molecule has 5 aromatic carbocycles. The van der Waals surface area contributed by atoms with Crippen LogP contribution in [0.15, 0.2) is 115 Å². The predicted molar refractivity (Wildman–Crippen MR) is 205 cm³/mol. The number of rotatable bonds is 10. The Morgan fingerprint density at radius 1 is 0.818 bits per heavy atom. The van der Waals surface area contributed by atoms with Gasteiger partial charge in [0.25, 0.3) is 5.91 Å². The third kappa shape index (κ3) is 11.8. The molecule has 1 aliphatic rings. The molecule has 0 fully saturated rings. The zero-order valence-electron chi connectivity index (χ0n) is 29.4. The molecular weight excluding hydrogens is 756 g/mol. The van der Waals surface area contributed by atoms with E-state index in [4.69, 9.17) is 33.7 Å². The van der Waals surface area contributed by atoms with Crippen LogP contribution in [0.4, 0.5) is 18.9 Å². The van der Waals surface area contributed by atoms with Gasteiger partial charge in [0, 0.05) is 41.5 Å². The minimum atomic E-state index is -5.29. The molecule has 5 aromatic rings. The summed E-state index contributed by atoms with van der Waals surface area (Å²) in [6, 6.07) is 34.8. The maximum atomic E-state index is 13.6. The van der Waals surface area contributed by atoms with Gasteiger partial charge in [0.05, 0.1) is 12.2 Å². The number of nitrogens with zero attached hydrogens (tertiary/aromatic N) is 1. The molecule has 0 aliphatic carbocycles. The van der Waals surface area contributed by atoms with Gasteiger partial charge in [-0.2, -0.15) is 18.7 Å². The Balaban J connectivity index is 0.000000496. The lowest BCUT2D eigenvalue weighted by molar-refractivity contribution is -0.207. The normalized spacial score (nSPS) is 12.0. The number of benzene rings is 5. The Labute approximate surface area is 326 Å². The van der Waals surface area contributed by atoms with Crippen molar-refractivity contribution in [3.8, 4) is 22.6 Å². The van der Waals surface area contributed by atoms with Crippen LogP contribution in [0.25, 0.3) is 11.1 Å². The van der Waals surface area contributed by atoms with E-state index in [2.05, 4.69) is 34.4 Å². The van der Waals surface area contributed by atoms with Crippen LogP contribution in [0.2, 0.25) is 10.0 Å². The SMILES string of the molecule is NCc1cccc(Oc2ccccc2N(Cc2ccc(-c3cc(Cl)ccc3Cl)cc2)C(=O)CCC(=O)NOC(=O)C(F)(F)F)c1.c1ccc2c(c1)CCNC2. The molecule has 0 aromatic heterocycles. The summed E-state index contributed by atoms with van der Waals surface area (Å²) in [5, 5.41) is 4.36. The van der Waals surface area contributed by atoms with Crippen LogP contribution < -0.4 is 26.2 Å². The fourth-order valence-corrected chi connectivity index (χ4v) is 6.01. The van der Waals surface area contributed by atoms with Gasteiger partial charge in [0.2, 0.25) is 5.91 Å². The summed E-state index contributed by atoms with van der Waals surface area (Å²) in [6.45, 7) is 2.52. The van der Waals surface area contributed by atoms with Crippen molar-refractivity contribution in [3.05, 3.63) is 148 Å². The zero-order valence-corrected chi connectivity index (χ0v) is 30.9. The van der Waals surface area contributed by atoms with Gasteiger partial charge in [-0.3, -0.25) is 9.59 Å². The third-order valence-electron chi connectivity index (χ3n) is 8.41. The van der Waals surface area contributed by atoms with Crippen molar-refractivity contribution in [2.75, 3.05) is 11.4 Å². The molecule has 0 radical (unpaired) electrons. The lowest BCUT2D eigenvalue weighted by Crippen LogP contribution is -2.36. The van der Waals surface area contributed by atoms with Crippen LogP contribution in [-0.4, -0.2) is 30.5 Å². The lowest BCUT2D eigenvalue weighted by atomic mass is 10.0. The number of carbonyl (C=O) groups excluding carboxylic acids is 3.